The van der Waals surface area contributed by atoms with Crippen LogP contribution >= 0.6 is 0 Å². The quantitative estimate of drug-likeness (QED) is 0.505. The van der Waals surface area contributed by atoms with Gasteiger partial charge >= 0.3 is 0 Å². The third-order valence-electron chi connectivity index (χ3n) is 5.88. The lowest BCUT2D eigenvalue weighted by atomic mass is 10.2. The summed E-state index contributed by atoms with van der Waals surface area (Å²) >= 11 is 0. The van der Waals surface area contributed by atoms with Crippen molar-refractivity contribution in [3.05, 3.63) is 84.4 Å². The maximum atomic E-state index is 13.4. The van der Waals surface area contributed by atoms with E-state index in [-0.39, 0.29) is 17.3 Å². The Morgan fingerprint density at radius 3 is 2.21 bits per heavy atom. The van der Waals surface area contributed by atoms with Gasteiger partial charge in [0.1, 0.15) is 12.3 Å². The normalized spacial score (nSPS) is 13.5. The van der Waals surface area contributed by atoms with Gasteiger partial charge in [-0.2, -0.15) is 0 Å². The maximum Gasteiger partial charge on any atom is 0.264 e. The standard InChI is InChI=1S/C26H29N3O4S/c1-33-24-15-13-23(14-16-24)29(34(31,32)25-7-3-2-4-8-25)20-26(30)27-19-21-9-11-22(12-10-21)28-17-5-6-18-28/h2-4,7-16H,5-6,17-20H2,1H3,(H,27,30). The van der Waals surface area contributed by atoms with Gasteiger partial charge in [-0.3, -0.25) is 9.10 Å². The van der Waals surface area contributed by atoms with Crippen LogP contribution in [0.3, 0.4) is 0 Å². The number of anilines is 2. The summed E-state index contributed by atoms with van der Waals surface area (Å²) in [5, 5.41) is 2.85. The molecule has 7 nitrogen and oxygen atoms in total. The van der Waals surface area contributed by atoms with Crippen molar-refractivity contribution in [3.8, 4) is 5.75 Å². The van der Waals surface area contributed by atoms with Gasteiger partial charge in [-0.25, -0.2) is 8.42 Å². The third kappa shape index (κ3) is 5.51. The maximum absolute atomic E-state index is 13.4. The highest BCUT2D eigenvalue weighted by atomic mass is 32.2. The summed E-state index contributed by atoms with van der Waals surface area (Å²) in [5.74, 6) is 0.210. The first-order chi connectivity index (χ1) is 16.5. The molecule has 0 atom stereocenters. The van der Waals surface area contributed by atoms with E-state index in [1.54, 1.807) is 49.6 Å². The largest absolute Gasteiger partial charge is 0.497 e. The lowest BCUT2D eigenvalue weighted by Gasteiger charge is -2.24. The van der Waals surface area contributed by atoms with E-state index in [1.165, 1.54) is 30.7 Å². The number of rotatable bonds is 9. The molecule has 8 heteroatoms. The fourth-order valence-corrected chi connectivity index (χ4v) is 5.41. The number of carbonyl (C=O) groups excluding carboxylic acids is 1. The van der Waals surface area contributed by atoms with Gasteiger partial charge in [0.25, 0.3) is 10.0 Å². The first-order valence-corrected chi connectivity index (χ1v) is 12.7. The van der Waals surface area contributed by atoms with E-state index in [9.17, 15) is 13.2 Å². The van der Waals surface area contributed by atoms with Crippen LogP contribution in [0, 0.1) is 0 Å². The molecule has 1 aliphatic rings. The molecule has 0 aromatic heterocycles. The van der Waals surface area contributed by atoms with E-state index in [1.807, 2.05) is 12.1 Å². The zero-order valence-corrected chi connectivity index (χ0v) is 20.0. The van der Waals surface area contributed by atoms with Gasteiger partial charge in [0, 0.05) is 25.3 Å². The highest BCUT2D eigenvalue weighted by molar-refractivity contribution is 7.92. The topological polar surface area (TPSA) is 79.0 Å². The summed E-state index contributed by atoms with van der Waals surface area (Å²) in [6, 6.07) is 22.8. The predicted molar refractivity (Wildman–Crippen MR) is 134 cm³/mol. The number of nitrogens with zero attached hydrogens (tertiary/aromatic N) is 2. The van der Waals surface area contributed by atoms with Crippen molar-refractivity contribution in [2.24, 2.45) is 0 Å². The molecule has 3 aromatic carbocycles. The third-order valence-corrected chi connectivity index (χ3v) is 7.66. The number of methoxy groups -OCH3 is 1. The second-order valence-electron chi connectivity index (χ2n) is 8.16. The van der Waals surface area contributed by atoms with Crippen LogP contribution in [0.1, 0.15) is 18.4 Å². The van der Waals surface area contributed by atoms with E-state index in [4.69, 9.17) is 4.74 Å². The number of sulfonamides is 1. The molecule has 1 fully saturated rings. The Labute approximate surface area is 201 Å². The minimum atomic E-state index is -3.94. The molecule has 178 valence electrons. The Balaban J connectivity index is 1.47. The monoisotopic (exact) mass is 479 g/mol. The summed E-state index contributed by atoms with van der Waals surface area (Å²) in [6.45, 7) is 2.14. The van der Waals surface area contributed by atoms with Crippen molar-refractivity contribution in [3.63, 3.8) is 0 Å². The van der Waals surface area contributed by atoms with Crippen LogP contribution in [-0.2, 0) is 21.4 Å². The van der Waals surface area contributed by atoms with E-state index in [0.29, 0.717) is 18.0 Å². The second-order valence-corrected chi connectivity index (χ2v) is 10.0. The molecule has 3 aromatic rings. The molecule has 34 heavy (non-hydrogen) atoms. The first-order valence-electron chi connectivity index (χ1n) is 11.3. The van der Waals surface area contributed by atoms with Crippen LogP contribution in [0.15, 0.2) is 83.8 Å². The highest BCUT2D eigenvalue weighted by Gasteiger charge is 2.27. The van der Waals surface area contributed by atoms with Crippen LogP contribution in [0.25, 0.3) is 0 Å². The average Bonchev–Trinajstić information content (AvgIpc) is 3.42. The Morgan fingerprint density at radius 2 is 1.59 bits per heavy atom. The smallest absolute Gasteiger partial charge is 0.264 e. The Morgan fingerprint density at radius 1 is 0.941 bits per heavy atom. The fraction of sp³-hybridized carbons (Fsp3) is 0.269. The fourth-order valence-electron chi connectivity index (χ4n) is 3.97. The van der Waals surface area contributed by atoms with Crippen molar-refractivity contribution >= 4 is 27.3 Å². The molecule has 0 unspecified atom stereocenters. The number of benzene rings is 3. The van der Waals surface area contributed by atoms with Gasteiger partial charge < -0.3 is 15.0 Å². The molecule has 0 saturated carbocycles. The van der Waals surface area contributed by atoms with Gasteiger partial charge in [0.2, 0.25) is 5.91 Å². The SMILES string of the molecule is COc1ccc(N(CC(=O)NCc2ccc(N3CCCC3)cc2)S(=O)(=O)c2ccccc2)cc1. The van der Waals surface area contributed by atoms with Crippen LogP contribution in [0.4, 0.5) is 11.4 Å². The van der Waals surface area contributed by atoms with E-state index in [0.717, 1.165) is 23.0 Å². The summed E-state index contributed by atoms with van der Waals surface area (Å²) < 4.78 is 33.0. The summed E-state index contributed by atoms with van der Waals surface area (Å²) in [6.07, 6.45) is 2.43. The van der Waals surface area contributed by atoms with Crippen LogP contribution in [0.5, 0.6) is 5.75 Å². The summed E-state index contributed by atoms with van der Waals surface area (Å²) in [5.41, 5.74) is 2.53. The van der Waals surface area contributed by atoms with Gasteiger partial charge in [-0.1, -0.05) is 30.3 Å². The molecule has 0 radical (unpaired) electrons. The first kappa shape index (κ1) is 23.6. The van der Waals surface area contributed by atoms with E-state index in [2.05, 4.69) is 22.3 Å². The molecule has 1 saturated heterocycles. The number of hydrogen-bond acceptors (Lipinski definition) is 5. The Hall–Kier alpha value is -3.52. The van der Waals surface area contributed by atoms with Crippen molar-refractivity contribution in [2.45, 2.75) is 24.3 Å². The lowest BCUT2D eigenvalue weighted by molar-refractivity contribution is -0.119. The number of nitrogens with one attached hydrogen (secondary N) is 1. The van der Waals surface area contributed by atoms with Crippen molar-refractivity contribution in [1.82, 2.24) is 5.32 Å². The van der Waals surface area contributed by atoms with E-state index < -0.39 is 10.0 Å². The molecular formula is C26H29N3O4S. The molecule has 0 bridgehead atoms. The van der Waals surface area contributed by atoms with Gasteiger partial charge in [0.05, 0.1) is 17.7 Å². The lowest BCUT2D eigenvalue weighted by Crippen LogP contribution is -2.40. The predicted octanol–water partition coefficient (Wildman–Crippen LogP) is 3.81. The van der Waals surface area contributed by atoms with Crippen LogP contribution in [-0.4, -0.2) is 41.1 Å². The van der Waals surface area contributed by atoms with Crippen molar-refractivity contribution < 1.29 is 17.9 Å². The molecule has 1 aliphatic heterocycles. The van der Waals surface area contributed by atoms with Gasteiger partial charge in [0.15, 0.2) is 0 Å². The second kappa shape index (κ2) is 10.6. The zero-order chi connectivity index (χ0) is 24.0. The highest BCUT2D eigenvalue weighted by Crippen LogP contribution is 2.26. The molecular weight excluding hydrogens is 450 g/mol. The summed E-state index contributed by atoms with van der Waals surface area (Å²) in [4.78, 5) is 15.3. The van der Waals surface area contributed by atoms with Crippen molar-refractivity contribution in [1.29, 1.82) is 0 Å². The van der Waals surface area contributed by atoms with E-state index >= 15 is 0 Å². The molecule has 1 heterocycles. The molecule has 4 rings (SSSR count). The van der Waals surface area contributed by atoms with Crippen molar-refractivity contribution in [2.75, 3.05) is 35.9 Å². The van der Waals surface area contributed by atoms with Crippen LogP contribution < -0.4 is 19.3 Å². The minimum absolute atomic E-state index is 0.121. The average molecular weight is 480 g/mol. The number of amides is 1. The minimum Gasteiger partial charge on any atom is -0.497 e. The summed E-state index contributed by atoms with van der Waals surface area (Å²) in [7, 11) is -2.40. The number of carbonyl (C=O) groups is 1. The Kier molecular flexibility index (Phi) is 7.37. The van der Waals surface area contributed by atoms with Gasteiger partial charge in [-0.05, 0) is 66.9 Å². The zero-order valence-electron chi connectivity index (χ0n) is 19.2. The Bertz CT molecular complexity index is 1190. The van der Waals surface area contributed by atoms with Gasteiger partial charge in [-0.15, -0.1) is 0 Å². The molecule has 0 spiro atoms. The molecule has 1 amide bonds. The van der Waals surface area contributed by atoms with Crippen LogP contribution in [0.2, 0.25) is 0 Å². The number of hydrogen-bond donors (Lipinski definition) is 1. The molecule has 0 aliphatic carbocycles. The molecule has 1 N–H and O–H groups in total. The number of ether oxygens (including phenoxy) is 1.